The zero-order valence-corrected chi connectivity index (χ0v) is 33.2. The molecule has 0 radical (unpaired) electrons. The molecule has 3 heteroatoms. The van der Waals surface area contributed by atoms with Crippen LogP contribution < -0.4 is 24.8 Å². The minimum Gasteiger partial charge on any atom is -1.00 e. The largest absolute Gasteiger partial charge is 2.00 e. The van der Waals surface area contributed by atoms with E-state index in [0.29, 0.717) is 17.8 Å². The van der Waals surface area contributed by atoms with Gasteiger partial charge in [-0.05, 0) is 91.2 Å². The molecule has 3 atom stereocenters. The molecule has 0 N–H and O–H groups in total. The van der Waals surface area contributed by atoms with E-state index in [9.17, 15) is 0 Å². The Morgan fingerprint density at radius 1 is 0.651 bits per heavy atom. The maximum Gasteiger partial charge on any atom is 2.00 e. The summed E-state index contributed by atoms with van der Waals surface area (Å²) in [6.45, 7) is 31.5. The molecule has 2 aromatic rings. The van der Waals surface area contributed by atoms with Crippen molar-refractivity contribution in [2.45, 2.75) is 126 Å². The standard InChI is InChI=1S/C40H56.2ClH.Zr/c1-14-39(15-2)25(4)40(16-3,34-24-28(23-33(34)39)38(11,12)13)35-31-21-26(36(5,6)7)17-19-29(31)30-20-18-27(22-32(30)35)37(8,9)10;;;/h17-25,34-35H,14-16H2,1-13H3;2*1H;/q;;;+2/p-2. The zero-order chi connectivity index (χ0) is 29.6. The van der Waals surface area contributed by atoms with Crippen LogP contribution in [-0.2, 0) is 37.0 Å². The molecule has 5 rings (SSSR count). The molecule has 0 spiro atoms. The van der Waals surface area contributed by atoms with Crippen LogP contribution in [-0.4, -0.2) is 0 Å². The molecule has 3 aliphatic carbocycles. The molecule has 2 aromatic carbocycles. The zero-order valence-electron chi connectivity index (χ0n) is 29.2. The Hall–Kier alpha value is -0.617. The quantitative estimate of drug-likeness (QED) is 0.380. The smallest absolute Gasteiger partial charge is 1.00 e. The molecule has 0 heterocycles. The van der Waals surface area contributed by atoms with E-state index in [1.165, 1.54) is 41.5 Å². The molecular formula is C40H56Cl2Zr. The van der Waals surface area contributed by atoms with Crippen molar-refractivity contribution < 1.29 is 51.0 Å². The van der Waals surface area contributed by atoms with E-state index < -0.39 is 0 Å². The Labute approximate surface area is 296 Å². The summed E-state index contributed by atoms with van der Waals surface area (Å²) in [5.74, 6) is 1.47. The molecule has 0 aromatic heterocycles. The topological polar surface area (TPSA) is 0 Å². The van der Waals surface area contributed by atoms with Gasteiger partial charge in [0.15, 0.2) is 0 Å². The predicted molar refractivity (Wildman–Crippen MR) is 175 cm³/mol. The van der Waals surface area contributed by atoms with Gasteiger partial charge in [0.25, 0.3) is 0 Å². The summed E-state index contributed by atoms with van der Waals surface area (Å²) in [4.78, 5) is 0. The van der Waals surface area contributed by atoms with Crippen molar-refractivity contribution in [3.63, 3.8) is 0 Å². The Morgan fingerprint density at radius 2 is 1.09 bits per heavy atom. The summed E-state index contributed by atoms with van der Waals surface area (Å²) < 4.78 is 0. The van der Waals surface area contributed by atoms with Crippen molar-refractivity contribution in [3.05, 3.63) is 82.0 Å². The van der Waals surface area contributed by atoms with E-state index in [-0.39, 0.29) is 78.1 Å². The number of hydrogen-bond donors (Lipinski definition) is 0. The second-order valence-corrected chi connectivity index (χ2v) is 16.5. The van der Waals surface area contributed by atoms with Gasteiger partial charge in [0.05, 0.1) is 0 Å². The molecule has 234 valence electrons. The molecule has 0 nitrogen and oxygen atoms in total. The van der Waals surface area contributed by atoms with Gasteiger partial charge in [-0.1, -0.05) is 144 Å². The molecule has 3 aliphatic rings. The van der Waals surface area contributed by atoms with Crippen LogP contribution >= 0.6 is 0 Å². The SMILES string of the molecule is CCC1(CC)C2=CC(C(C)(C)C)=CC2C(CC)(C2c3cc(C(C)(C)C)ccc3-c3ccc(C(C)(C)C)cc32)C1C.[Cl-].[Cl-].[Zr+2]. The number of benzene rings is 2. The van der Waals surface area contributed by atoms with Gasteiger partial charge in [-0.25, -0.2) is 0 Å². The summed E-state index contributed by atoms with van der Waals surface area (Å²) in [6.07, 6.45) is 9.03. The van der Waals surface area contributed by atoms with E-state index in [2.05, 4.69) is 139 Å². The maximum atomic E-state index is 2.74. The molecule has 0 bridgehead atoms. The van der Waals surface area contributed by atoms with Crippen molar-refractivity contribution in [3.8, 4) is 11.1 Å². The average Bonchev–Trinajstić information content (AvgIpc) is 3.51. The van der Waals surface area contributed by atoms with Crippen LogP contribution in [0.4, 0.5) is 0 Å². The summed E-state index contributed by atoms with van der Waals surface area (Å²) in [5, 5.41) is 0. The van der Waals surface area contributed by atoms with Crippen LogP contribution in [0, 0.1) is 28.1 Å². The number of hydrogen-bond acceptors (Lipinski definition) is 0. The normalized spacial score (nSPS) is 24.1. The Bertz CT molecular complexity index is 1320. The Balaban J connectivity index is 0.00000215. The molecule has 0 aliphatic heterocycles. The number of rotatable bonds is 4. The van der Waals surface area contributed by atoms with Gasteiger partial charge in [-0.15, -0.1) is 0 Å². The van der Waals surface area contributed by atoms with Gasteiger partial charge in [0.1, 0.15) is 0 Å². The van der Waals surface area contributed by atoms with Crippen LogP contribution in [0.25, 0.3) is 11.1 Å². The molecule has 43 heavy (non-hydrogen) atoms. The van der Waals surface area contributed by atoms with Crippen molar-refractivity contribution in [1.82, 2.24) is 0 Å². The third-order valence-electron chi connectivity index (χ3n) is 11.8. The number of fused-ring (bicyclic) bond motifs is 4. The van der Waals surface area contributed by atoms with Crippen LogP contribution in [0.5, 0.6) is 0 Å². The predicted octanol–water partition coefficient (Wildman–Crippen LogP) is 5.78. The first-order chi connectivity index (χ1) is 18.5. The average molecular weight is 699 g/mol. The van der Waals surface area contributed by atoms with E-state index >= 15 is 0 Å². The Morgan fingerprint density at radius 3 is 1.44 bits per heavy atom. The molecule has 0 amide bonds. The van der Waals surface area contributed by atoms with Crippen molar-refractivity contribution in [2.24, 2.45) is 28.1 Å². The van der Waals surface area contributed by atoms with Crippen molar-refractivity contribution in [2.75, 3.05) is 0 Å². The van der Waals surface area contributed by atoms with Crippen LogP contribution in [0.3, 0.4) is 0 Å². The van der Waals surface area contributed by atoms with Crippen LogP contribution in [0.15, 0.2) is 59.7 Å². The van der Waals surface area contributed by atoms with E-state index in [1.807, 2.05) is 0 Å². The van der Waals surface area contributed by atoms with Crippen LogP contribution in [0.1, 0.15) is 137 Å². The minimum atomic E-state index is 0. The van der Waals surface area contributed by atoms with Crippen molar-refractivity contribution in [1.29, 1.82) is 0 Å². The maximum absolute atomic E-state index is 2.74. The van der Waals surface area contributed by atoms with Gasteiger partial charge in [0.2, 0.25) is 0 Å². The summed E-state index contributed by atoms with van der Waals surface area (Å²) in [6, 6.07) is 15.0. The monoisotopic (exact) mass is 696 g/mol. The van der Waals surface area contributed by atoms with Gasteiger partial charge < -0.3 is 24.8 Å². The summed E-state index contributed by atoms with van der Waals surface area (Å²) in [7, 11) is 0. The number of allylic oxidation sites excluding steroid dienone is 4. The first-order valence-corrected chi connectivity index (χ1v) is 16.2. The second-order valence-electron chi connectivity index (χ2n) is 16.5. The molecule has 3 unspecified atom stereocenters. The Kier molecular flexibility index (Phi) is 11.2. The fourth-order valence-corrected chi connectivity index (χ4v) is 9.18. The molecule has 1 saturated carbocycles. The molecule has 1 fully saturated rings. The van der Waals surface area contributed by atoms with Gasteiger partial charge in [-0.2, -0.15) is 0 Å². The first kappa shape index (κ1) is 38.6. The minimum absolute atomic E-state index is 0. The fourth-order valence-electron chi connectivity index (χ4n) is 9.18. The van der Waals surface area contributed by atoms with E-state index in [4.69, 9.17) is 0 Å². The first-order valence-electron chi connectivity index (χ1n) is 16.2. The fraction of sp³-hybridized carbons (Fsp3) is 0.600. The van der Waals surface area contributed by atoms with Crippen LogP contribution in [0.2, 0.25) is 0 Å². The third kappa shape index (κ3) is 5.67. The molecule has 0 saturated heterocycles. The van der Waals surface area contributed by atoms with Gasteiger partial charge in [-0.3, -0.25) is 0 Å². The summed E-state index contributed by atoms with van der Waals surface area (Å²) >= 11 is 0. The number of halogens is 2. The second kappa shape index (κ2) is 12.5. The van der Waals surface area contributed by atoms with Crippen molar-refractivity contribution >= 4 is 0 Å². The van der Waals surface area contributed by atoms with E-state index in [1.54, 1.807) is 22.3 Å². The third-order valence-corrected chi connectivity index (χ3v) is 11.8. The van der Waals surface area contributed by atoms with Gasteiger partial charge >= 0.3 is 26.2 Å². The van der Waals surface area contributed by atoms with E-state index in [0.717, 1.165) is 0 Å². The van der Waals surface area contributed by atoms with Gasteiger partial charge in [0, 0.05) is 11.8 Å². The summed E-state index contributed by atoms with van der Waals surface area (Å²) in [5.41, 5.74) is 13.1. The molecular weight excluding hydrogens is 643 g/mol.